The van der Waals surface area contributed by atoms with Gasteiger partial charge in [-0.05, 0) is 0 Å². The van der Waals surface area contributed by atoms with Gasteiger partial charge in [0.2, 0.25) is 5.91 Å². The summed E-state index contributed by atoms with van der Waals surface area (Å²) in [5, 5.41) is 11.7. The molecule has 0 aliphatic rings. The van der Waals surface area contributed by atoms with Crippen LogP contribution in [-0.4, -0.2) is 62.4 Å². The molecule has 0 fully saturated rings. The van der Waals surface area contributed by atoms with E-state index in [0.717, 1.165) is 0 Å². The van der Waals surface area contributed by atoms with Gasteiger partial charge in [0.05, 0.1) is 19.8 Å². The number of carbonyl (C=O) groups excluding carboxylic acids is 1. The van der Waals surface area contributed by atoms with Crippen LogP contribution in [0, 0.1) is 0 Å². The normalized spacial score (nSPS) is 10.0. The molecule has 15 heavy (non-hydrogen) atoms. The fourth-order valence-electron chi connectivity index (χ4n) is 1.08. The van der Waals surface area contributed by atoms with Crippen LogP contribution in [0.1, 0.15) is 0 Å². The molecule has 0 atom stereocenters. The van der Waals surface area contributed by atoms with Crippen LogP contribution in [0.4, 0.5) is 0 Å². The maximum Gasteiger partial charge on any atom is 0.236 e. The van der Waals surface area contributed by atoms with Crippen LogP contribution in [0.3, 0.4) is 0 Å². The summed E-state index contributed by atoms with van der Waals surface area (Å²) < 4.78 is 4.84. The Hall–Kier alpha value is -0.910. The Bertz CT molecular complexity index is 186. The van der Waals surface area contributed by atoms with Gasteiger partial charge >= 0.3 is 0 Å². The summed E-state index contributed by atoms with van der Waals surface area (Å²) in [6.45, 7) is 5.82. The van der Waals surface area contributed by atoms with E-state index in [0.29, 0.717) is 26.2 Å². The number of hydrogen-bond donors (Lipinski definition) is 2. The molecule has 1 amide bonds. The lowest BCUT2D eigenvalue weighted by Crippen LogP contribution is -2.40. The molecule has 0 aliphatic carbocycles. The smallest absolute Gasteiger partial charge is 0.236 e. The first-order valence-electron chi connectivity index (χ1n) is 4.95. The van der Waals surface area contributed by atoms with Crippen molar-refractivity contribution in [3.8, 4) is 0 Å². The molecule has 5 nitrogen and oxygen atoms in total. The number of hydrogen-bond acceptors (Lipinski definition) is 4. The summed E-state index contributed by atoms with van der Waals surface area (Å²) in [5.74, 6) is -0.0416. The molecule has 0 rings (SSSR count). The molecular weight excluding hydrogens is 196 g/mol. The summed E-state index contributed by atoms with van der Waals surface area (Å²) in [6.07, 6.45) is 1.64. The Morgan fingerprint density at radius 3 is 2.93 bits per heavy atom. The van der Waals surface area contributed by atoms with Gasteiger partial charge in [0.1, 0.15) is 0 Å². The van der Waals surface area contributed by atoms with Crippen LogP contribution in [0.2, 0.25) is 0 Å². The van der Waals surface area contributed by atoms with E-state index in [2.05, 4.69) is 11.9 Å². The fraction of sp³-hybridized carbons (Fsp3) is 0.700. The number of nitrogens with zero attached hydrogens (tertiary/aromatic N) is 1. The van der Waals surface area contributed by atoms with E-state index >= 15 is 0 Å². The highest BCUT2D eigenvalue weighted by Gasteiger charge is 2.09. The van der Waals surface area contributed by atoms with Gasteiger partial charge in [-0.2, -0.15) is 0 Å². The van der Waals surface area contributed by atoms with Crippen LogP contribution in [0.5, 0.6) is 0 Å². The zero-order valence-electron chi connectivity index (χ0n) is 9.24. The fourth-order valence-corrected chi connectivity index (χ4v) is 1.08. The van der Waals surface area contributed by atoms with Crippen LogP contribution >= 0.6 is 0 Å². The Morgan fingerprint density at radius 2 is 2.40 bits per heavy atom. The van der Waals surface area contributed by atoms with E-state index in [-0.39, 0.29) is 19.1 Å². The Labute approximate surface area is 90.7 Å². The maximum atomic E-state index is 11.5. The number of methoxy groups -OCH3 is 1. The van der Waals surface area contributed by atoms with Crippen molar-refractivity contribution in [3.63, 3.8) is 0 Å². The Kier molecular flexibility index (Phi) is 9.05. The second-order valence-corrected chi connectivity index (χ2v) is 3.02. The minimum absolute atomic E-state index is 0.0301. The van der Waals surface area contributed by atoms with Gasteiger partial charge in [-0.3, -0.25) is 4.79 Å². The lowest BCUT2D eigenvalue weighted by Gasteiger charge is -2.20. The third kappa shape index (κ3) is 7.07. The van der Waals surface area contributed by atoms with E-state index in [1.165, 1.54) is 0 Å². The molecule has 2 N–H and O–H groups in total. The monoisotopic (exact) mass is 216 g/mol. The zero-order chi connectivity index (χ0) is 11.5. The molecule has 0 aromatic rings. The highest BCUT2D eigenvalue weighted by Crippen LogP contribution is 1.89. The average molecular weight is 216 g/mol. The second-order valence-electron chi connectivity index (χ2n) is 3.02. The highest BCUT2D eigenvalue weighted by molar-refractivity contribution is 5.78. The van der Waals surface area contributed by atoms with E-state index < -0.39 is 0 Å². The van der Waals surface area contributed by atoms with E-state index in [1.807, 2.05) is 0 Å². The molecule has 0 bridgehead atoms. The number of nitrogens with one attached hydrogen (secondary N) is 1. The lowest BCUT2D eigenvalue weighted by atomic mass is 10.4. The molecule has 0 unspecified atom stereocenters. The van der Waals surface area contributed by atoms with Crippen molar-refractivity contribution < 1.29 is 14.6 Å². The largest absolute Gasteiger partial charge is 0.395 e. The number of aliphatic hydroxyl groups excluding tert-OH is 1. The van der Waals surface area contributed by atoms with Crippen molar-refractivity contribution in [3.05, 3.63) is 12.7 Å². The van der Waals surface area contributed by atoms with E-state index in [1.54, 1.807) is 18.1 Å². The topological polar surface area (TPSA) is 61.8 Å². The van der Waals surface area contributed by atoms with Crippen LogP contribution in [-0.2, 0) is 9.53 Å². The Balaban J connectivity index is 3.75. The van der Waals surface area contributed by atoms with Gasteiger partial charge in [-0.1, -0.05) is 6.08 Å². The minimum Gasteiger partial charge on any atom is -0.395 e. The first-order valence-corrected chi connectivity index (χ1v) is 4.95. The molecule has 0 aromatic carbocycles. The SMILES string of the molecule is C=CCN(CCO)C(=O)CNCCOC. The number of rotatable bonds is 9. The summed E-state index contributed by atoms with van der Waals surface area (Å²) in [7, 11) is 1.61. The number of carbonyl (C=O) groups is 1. The molecular formula is C10H20N2O3. The summed E-state index contributed by atoms with van der Waals surface area (Å²) in [4.78, 5) is 13.1. The third-order valence-electron chi connectivity index (χ3n) is 1.83. The van der Waals surface area contributed by atoms with E-state index in [4.69, 9.17) is 9.84 Å². The zero-order valence-corrected chi connectivity index (χ0v) is 9.24. The molecule has 0 heterocycles. The van der Waals surface area contributed by atoms with Gasteiger partial charge in [-0.25, -0.2) is 0 Å². The summed E-state index contributed by atoms with van der Waals surface area (Å²) >= 11 is 0. The first-order chi connectivity index (χ1) is 7.26. The van der Waals surface area contributed by atoms with Crippen LogP contribution < -0.4 is 5.32 Å². The van der Waals surface area contributed by atoms with Crippen molar-refractivity contribution in [2.24, 2.45) is 0 Å². The van der Waals surface area contributed by atoms with Crippen LogP contribution in [0.15, 0.2) is 12.7 Å². The standard InChI is InChI=1S/C10H20N2O3/c1-3-5-12(6-7-13)10(14)9-11-4-8-15-2/h3,11,13H,1,4-9H2,2H3. The van der Waals surface area contributed by atoms with E-state index in [9.17, 15) is 4.79 Å². The summed E-state index contributed by atoms with van der Waals surface area (Å²) in [5.41, 5.74) is 0. The van der Waals surface area contributed by atoms with Crippen molar-refractivity contribution in [2.75, 3.05) is 46.5 Å². The van der Waals surface area contributed by atoms with Crippen molar-refractivity contribution in [1.29, 1.82) is 0 Å². The average Bonchev–Trinajstić information content (AvgIpc) is 2.24. The molecule has 0 spiro atoms. The quantitative estimate of drug-likeness (QED) is 0.392. The molecule has 0 aromatic heterocycles. The predicted octanol–water partition coefficient (Wildman–Crippen LogP) is -0.771. The van der Waals surface area contributed by atoms with Crippen molar-refractivity contribution in [2.45, 2.75) is 0 Å². The molecule has 88 valence electrons. The Morgan fingerprint density at radius 1 is 1.67 bits per heavy atom. The number of aliphatic hydroxyl groups is 1. The van der Waals surface area contributed by atoms with Gasteiger partial charge in [0, 0.05) is 26.7 Å². The molecule has 0 saturated heterocycles. The molecule has 0 aliphatic heterocycles. The predicted molar refractivity (Wildman–Crippen MR) is 58.6 cm³/mol. The molecule has 0 radical (unpaired) electrons. The molecule has 5 heteroatoms. The van der Waals surface area contributed by atoms with Gasteiger partial charge in [-0.15, -0.1) is 6.58 Å². The minimum atomic E-state index is -0.0416. The number of ether oxygens (including phenoxy) is 1. The first kappa shape index (κ1) is 14.1. The van der Waals surface area contributed by atoms with Crippen molar-refractivity contribution in [1.82, 2.24) is 10.2 Å². The van der Waals surface area contributed by atoms with Gasteiger partial charge in [0.25, 0.3) is 0 Å². The molecule has 0 saturated carbocycles. The number of amides is 1. The van der Waals surface area contributed by atoms with Gasteiger partial charge < -0.3 is 20.1 Å². The highest BCUT2D eigenvalue weighted by atomic mass is 16.5. The maximum absolute atomic E-state index is 11.5. The summed E-state index contributed by atoms with van der Waals surface area (Å²) in [6, 6.07) is 0. The third-order valence-corrected chi connectivity index (χ3v) is 1.83. The van der Waals surface area contributed by atoms with Crippen molar-refractivity contribution >= 4 is 5.91 Å². The second kappa shape index (κ2) is 9.64. The van der Waals surface area contributed by atoms with Crippen LogP contribution in [0.25, 0.3) is 0 Å². The lowest BCUT2D eigenvalue weighted by molar-refractivity contribution is -0.130. The van der Waals surface area contributed by atoms with Gasteiger partial charge in [0.15, 0.2) is 0 Å².